The molecule has 0 aliphatic carbocycles. The molecule has 2 aromatic heterocycles. The summed E-state index contributed by atoms with van der Waals surface area (Å²) in [7, 11) is 0. The first-order valence-electron chi connectivity index (χ1n) is 7.80. The van der Waals surface area contributed by atoms with Crippen LogP contribution in [0.4, 0.5) is 0 Å². The van der Waals surface area contributed by atoms with Gasteiger partial charge in [-0.05, 0) is 29.1 Å². The molecule has 0 saturated carbocycles. The second-order valence-electron chi connectivity index (χ2n) is 5.36. The van der Waals surface area contributed by atoms with Crippen LogP contribution in [-0.2, 0) is 9.53 Å². The van der Waals surface area contributed by atoms with Crippen LogP contribution in [0.15, 0.2) is 66.2 Å². The molecule has 0 aliphatic rings. The lowest BCUT2D eigenvalue weighted by atomic mass is 10.1. The Hall–Kier alpha value is -2.70. The maximum Gasteiger partial charge on any atom is 0.357 e. The molecule has 2 heterocycles. The normalized spacial score (nSPS) is 11.6. The van der Waals surface area contributed by atoms with Crippen LogP contribution in [0.25, 0.3) is 0 Å². The second-order valence-corrected chi connectivity index (χ2v) is 6.78. The van der Waals surface area contributed by atoms with Crippen molar-refractivity contribution >= 4 is 34.8 Å². The largest absolute Gasteiger partial charge is 0.451 e. The lowest BCUT2D eigenvalue weighted by molar-refractivity contribution is -0.124. The van der Waals surface area contributed by atoms with E-state index in [1.54, 1.807) is 17.4 Å². The predicted molar refractivity (Wildman–Crippen MR) is 100 cm³/mol. The van der Waals surface area contributed by atoms with E-state index in [1.165, 1.54) is 12.3 Å². The molecule has 132 valence electrons. The molecule has 0 spiro atoms. The van der Waals surface area contributed by atoms with Crippen molar-refractivity contribution in [3.8, 4) is 0 Å². The number of ether oxygens (including phenoxy) is 1. The maximum absolute atomic E-state index is 12.3. The van der Waals surface area contributed by atoms with E-state index in [0.717, 1.165) is 10.4 Å². The van der Waals surface area contributed by atoms with Crippen molar-refractivity contribution in [2.75, 3.05) is 6.61 Å². The van der Waals surface area contributed by atoms with E-state index in [1.807, 2.05) is 47.8 Å². The van der Waals surface area contributed by atoms with Crippen molar-refractivity contribution in [1.29, 1.82) is 0 Å². The summed E-state index contributed by atoms with van der Waals surface area (Å²) in [5.41, 5.74) is 1.01. The molecule has 0 aliphatic heterocycles. The van der Waals surface area contributed by atoms with Gasteiger partial charge in [0.25, 0.3) is 5.91 Å². The fourth-order valence-corrected chi connectivity index (χ4v) is 3.31. The second kappa shape index (κ2) is 8.60. The summed E-state index contributed by atoms with van der Waals surface area (Å²) in [6.07, 6.45) is 1.40. The molecule has 5 nitrogen and oxygen atoms in total. The third-order valence-corrected chi connectivity index (χ3v) is 4.70. The Morgan fingerprint density at radius 1 is 1.15 bits per heavy atom. The average molecular weight is 387 g/mol. The lowest BCUT2D eigenvalue weighted by Gasteiger charge is -2.18. The average Bonchev–Trinajstić information content (AvgIpc) is 3.19. The van der Waals surface area contributed by atoms with Crippen molar-refractivity contribution in [3.05, 3.63) is 87.3 Å². The Bertz CT molecular complexity index is 885. The SMILES string of the molecule is O=C(COC(=O)c1cc(Cl)ccn1)N[C@H](c1ccccc1)c1cccs1. The van der Waals surface area contributed by atoms with Gasteiger partial charge >= 0.3 is 5.97 Å². The molecule has 3 rings (SSSR count). The van der Waals surface area contributed by atoms with Gasteiger partial charge in [0.05, 0.1) is 6.04 Å². The monoisotopic (exact) mass is 386 g/mol. The summed E-state index contributed by atoms with van der Waals surface area (Å²) < 4.78 is 5.03. The van der Waals surface area contributed by atoms with Gasteiger partial charge < -0.3 is 10.1 Å². The third-order valence-electron chi connectivity index (χ3n) is 3.53. The molecule has 0 radical (unpaired) electrons. The van der Waals surface area contributed by atoms with Crippen LogP contribution in [0.3, 0.4) is 0 Å². The highest BCUT2D eigenvalue weighted by molar-refractivity contribution is 7.10. The topological polar surface area (TPSA) is 68.3 Å². The quantitative estimate of drug-likeness (QED) is 0.653. The van der Waals surface area contributed by atoms with Crippen LogP contribution < -0.4 is 5.32 Å². The van der Waals surface area contributed by atoms with Gasteiger partial charge in [-0.15, -0.1) is 11.3 Å². The van der Waals surface area contributed by atoms with Crippen molar-refractivity contribution < 1.29 is 14.3 Å². The summed E-state index contributed by atoms with van der Waals surface area (Å²) in [4.78, 5) is 29.1. The minimum absolute atomic E-state index is 0.0585. The number of pyridine rings is 1. The maximum atomic E-state index is 12.3. The van der Waals surface area contributed by atoms with E-state index < -0.39 is 18.5 Å². The number of esters is 1. The smallest absolute Gasteiger partial charge is 0.357 e. The summed E-state index contributed by atoms with van der Waals surface area (Å²) in [5, 5.41) is 5.22. The number of hydrogen-bond donors (Lipinski definition) is 1. The number of hydrogen-bond acceptors (Lipinski definition) is 5. The van der Waals surface area contributed by atoms with Gasteiger partial charge in [0, 0.05) is 16.1 Å². The van der Waals surface area contributed by atoms with Crippen LogP contribution in [0.5, 0.6) is 0 Å². The molecule has 1 N–H and O–H groups in total. The van der Waals surface area contributed by atoms with Crippen LogP contribution in [0.1, 0.15) is 27.0 Å². The van der Waals surface area contributed by atoms with Crippen molar-refractivity contribution in [2.24, 2.45) is 0 Å². The zero-order chi connectivity index (χ0) is 18.4. The first-order valence-corrected chi connectivity index (χ1v) is 9.05. The minimum atomic E-state index is -0.699. The van der Waals surface area contributed by atoms with Gasteiger partial charge in [0.15, 0.2) is 6.61 Å². The molecule has 3 aromatic rings. The Labute approximate surface area is 159 Å². The predicted octanol–water partition coefficient (Wildman–Crippen LogP) is 3.86. The fraction of sp³-hybridized carbons (Fsp3) is 0.105. The van der Waals surface area contributed by atoms with Gasteiger partial charge in [-0.1, -0.05) is 48.0 Å². The van der Waals surface area contributed by atoms with Gasteiger partial charge in [-0.3, -0.25) is 4.79 Å². The van der Waals surface area contributed by atoms with E-state index >= 15 is 0 Å². The van der Waals surface area contributed by atoms with E-state index in [2.05, 4.69) is 10.3 Å². The number of aromatic nitrogens is 1. The number of halogens is 1. The third kappa shape index (κ3) is 4.68. The first kappa shape index (κ1) is 18.1. The molecule has 7 heteroatoms. The number of carbonyl (C=O) groups excluding carboxylic acids is 2. The van der Waals surface area contributed by atoms with Gasteiger partial charge in [-0.25, -0.2) is 9.78 Å². The van der Waals surface area contributed by atoms with E-state index in [4.69, 9.17) is 16.3 Å². The summed E-state index contributed by atoms with van der Waals surface area (Å²) >= 11 is 7.36. The highest BCUT2D eigenvalue weighted by atomic mass is 35.5. The molecule has 0 fully saturated rings. The summed E-state index contributed by atoms with van der Waals surface area (Å²) in [5.74, 6) is -1.10. The van der Waals surface area contributed by atoms with Crippen LogP contribution >= 0.6 is 22.9 Å². The van der Waals surface area contributed by atoms with E-state index in [9.17, 15) is 9.59 Å². The minimum Gasteiger partial charge on any atom is -0.451 e. The lowest BCUT2D eigenvalue weighted by Crippen LogP contribution is -2.32. The van der Waals surface area contributed by atoms with Crippen LogP contribution in [0, 0.1) is 0 Å². The van der Waals surface area contributed by atoms with Crippen LogP contribution in [0.2, 0.25) is 5.02 Å². The van der Waals surface area contributed by atoms with Gasteiger partial charge in [-0.2, -0.15) is 0 Å². The van der Waals surface area contributed by atoms with E-state index in [-0.39, 0.29) is 11.7 Å². The number of thiophene rings is 1. The molecule has 1 aromatic carbocycles. The summed E-state index contributed by atoms with van der Waals surface area (Å²) in [6.45, 7) is -0.401. The molecule has 0 unspecified atom stereocenters. The number of nitrogens with zero attached hydrogens (tertiary/aromatic N) is 1. The standard InChI is InChI=1S/C19H15ClN2O3S/c20-14-8-9-21-15(11-14)19(24)25-12-17(23)22-18(16-7-4-10-26-16)13-5-2-1-3-6-13/h1-11,18H,12H2,(H,22,23)/t18-/m1/s1. The van der Waals surface area contributed by atoms with Crippen molar-refractivity contribution in [3.63, 3.8) is 0 Å². The molecular formula is C19H15ClN2O3S. The number of amides is 1. The highest BCUT2D eigenvalue weighted by Crippen LogP contribution is 2.25. The Balaban J connectivity index is 1.64. The zero-order valence-electron chi connectivity index (χ0n) is 13.6. The molecule has 1 amide bonds. The molecule has 26 heavy (non-hydrogen) atoms. The Kier molecular flexibility index (Phi) is 5.99. The zero-order valence-corrected chi connectivity index (χ0v) is 15.2. The number of carbonyl (C=O) groups is 2. The van der Waals surface area contributed by atoms with Crippen molar-refractivity contribution in [2.45, 2.75) is 6.04 Å². The first-order chi connectivity index (χ1) is 12.6. The Morgan fingerprint density at radius 3 is 2.65 bits per heavy atom. The van der Waals surface area contributed by atoms with E-state index in [0.29, 0.717) is 5.02 Å². The number of benzene rings is 1. The molecule has 1 atom stereocenters. The molecule has 0 saturated heterocycles. The number of rotatable bonds is 6. The van der Waals surface area contributed by atoms with Crippen molar-refractivity contribution in [1.82, 2.24) is 10.3 Å². The van der Waals surface area contributed by atoms with Gasteiger partial charge in [0.1, 0.15) is 5.69 Å². The molecule has 0 bridgehead atoms. The summed E-state index contributed by atoms with van der Waals surface area (Å²) in [6, 6.07) is 16.1. The number of nitrogens with one attached hydrogen (secondary N) is 1. The Morgan fingerprint density at radius 2 is 1.96 bits per heavy atom. The van der Waals surface area contributed by atoms with Gasteiger partial charge in [0.2, 0.25) is 0 Å². The van der Waals surface area contributed by atoms with Crippen LogP contribution in [-0.4, -0.2) is 23.5 Å². The molecular weight excluding hydrogens is 372 g/mol. The highest BCUT2D eigenvalue weighted by Gasteiger charge is 2.19. The fourth-order valence-electron chi connectivity index (χ4n) is 2.34.